The molecule has 1 unspecified atom stereocenters. The van der Waals surface area contributed by atoms with E-state index in [0.29, 0.717) is 6.54 Å². The Balaban J connectivity index is 1.82. The minimum atomic E-state index is -0.399. The van der Waals surface area contributed by atoms with Gasteiger partial charge in [-0.05, 0) is 22.9 Å². The molecule has 0 fully saturated rings. The molecule has 0 aliphatic rings. The summed E-state index contributed by atoms with van der Waals surface area (Å²) in [7, 11) is 0. The first-order valence-electron chi connectivity index (χ1n) is 6.06. The molecule has 0 spiro atoms. The lowest BCUT2D eigenvalue weighted by atomic mass is 9.91. The fourth-order valence-electron chi connectivity index (χ4n) is 1.85. The van der Waals surface area contributed by atoms with Crippen molar-refractivity contribution in [3.05, 3.63) is 44.8 Å². The molecule has 2 nitrogen and oxygen atoms in total. The molecule has 2 rings (SSSR count). The van der Waals surface area contributed by atoms with Crippen LogP contribution in [-0.2, 0) is 5.41 Å². The predicted molar refractivity (Wildman–Crippen MR) is 79.5 cm³/mol. The summed E-state index contributed by atoms with van der Waals surface area (Å²) in [5.74, 6) is 0. The summed E-state index contributed by atoms with van der Waals surface area (Å²) in [6.45, 7) is 5.93. The second kappa shape index (κ2) is 5.97. The predicted octanol–water partition coefficient (Wildman–Crippen LogP) is 3.41. The second-order valence-electron chi connectivity index (χ2n) is 5.02. The van der Waals surface area contributed by atoms with Gasteiger partial charge in [-0.1, -0.05) is 26.0 Å². The molecule has 18 heavy (non-hydrogen) atoms. The maximum atomic E-state index is 9.99. The van der Waals surface area contributed by atoms with Gasteiger partial charge in [0.1, 0.15) is 6.10 Å². The van der Waals surface area contributed by atoms with Crippen molar-refractivity contribution in [2.24, 2.45) is 0 Å². The maximum Gasteiger partial charge on any atom is 0.101 e. The zero-order valence-electron chi connectivity index (χ0n) is 10.7. The van der Waals surface area contributed by atoms with Crippen molar-refractivity contribution in [1.29, 1.82) is 0 Å². The van der Waals surface area contributed by atoms with Gasteiger partial charge >= 0.3 is 0 Å². The Morgan fingerprint density at radius 3 is 2.56 bits per heavy atom. The normalized spacial score (nSPS) is 13.7. The van der Waals surface area contributed by atoms with E-state index in [2.05, 4.69) is 36.7 Å². The second-order valence-corrected chi connectivity index (χ2v) is 6.95. The zero-order chi connectivity index (χ0) is 13.0. The Hall–Kier alpha value is -0.680. The fraction of sp³-hybridized carbons (Fsp3) is 0.429. The molecule has 1 atom stereocenters. The van der Waals surface area contributed by atoms with Crippen LogP contribution in [0.5, 0.6) is 0 Å². The molecule has 2 N–H and O–H groups in total. The number of aliphatic hydroxyl groups is 1. The Morgan fingerprint density at radius 2 is 1.94 bits per heavy atom. The van der Waals surface area contributed by atoms with E-state index >= 15 is 0 Å². The topological polar surface area (TPSA) is 32.3 Å². The largest absolute Gasteiger partial charge is 0.386 e. The summed E-state index contributed by atoms with van der Waals surface area (Å²) >= 11 is 3.38. The van der Waals surface area contributed by atoms with Crippen LogP contribution in [0.3, 0.4) is 0 Å². The fourth-order valence-corrected chi connectivity index (χ4v) is 3.42. The van der Waals surface area contributed by atoms with E-state index in [1.54, 1.807) is 22.7 Å². The molecule has 0 bridgehead atoms. The third kappa shape index (κ3) is 3.42. The van der Waals surface area contributed by atoms with Gasteiger partial charge in [0, 0.05) is 28.3 Å². The highest BCUT2D eigenvalue weighted by molar-refractivity contribution is 7.10. The summed E-state index contributed by atoms with van der Waals surface area (Å²) < 4.78 is 0. The number of thiophene rings is 2. The molecule has 0 aliphatic carbocycles. The van der Waals surface area contributed by atoms with Crippen LogP contribution < -0.4 is 5.32 Å². The average molecular weight is 281 g/mol. The molecule has 98 valence electrons. The van der Waals surface area contributed by atoms with Crippen LogP contribution in [0.1, 0.15) is 29.7 Å². The monoisotopic (exact) mass is 281 g/mol. The van der Waals surface area contributed by atoms with Crippen molar-refractivity contribution >= 4 is 22.7 Å². The van der Waals surface area contributed by atoms with Gasteiger partial charge in [0.05, 0.1) is 0 Å². The van der Waals surface area contributed by atoms with E-state index in [9.17, 15) is 5.11 Å². The lowest BCUT2D eigenvalue weighted by Crippen LogP contribution is -2.34. The highest BCUT2D eigenvalue weighted by Crippen LogP contribution is 2.26. The number of hydrogen-bond acceptors (Lipinski definition) is 4. The zero-order valence-corrected chi connectivity index (χ0v) is 12.4. The highest BCUT2D eigenvalue weighted by Gasteiger charge is 2.21. The van der Waals surface area contributed by atoms with Gasteiger partial charge in [0.25, 0.3) is 0 Å². The van der Waals surface area contributed by atoms with Crippen molar-refractivity contribution in [3.63, 3.8) is 0 Å². The van der Waals surface area contributed by atoms with E-state index in [1.165, 1.54) is 4.88 Å². The van der Waals surface area contributed by atoms with E-state index in [4.69, 9.17) is 0 Å². The number of rotatable bonds is 6. The van der Waals surface area contributed by atoms with Gasteiger partial charge in [-0.2, -0.15) is 0 Å². The SMILES string of the molecule is CC(C)(CNCC(O)c1cccs1)c1cccs1. The maximum absolute atomic E-state index is 9.99. The van der Waals surface area contributed by atoms with Gasteiger partial charge < -0.3 is 10.4 Å². The first kappa shape index (κ1) is 13.7. The lowest BCUT2D eigenvalue weighted by molar-refractivity contribution is 0.176. The van der Waals surface area contributed by atoms with E-state index in [-0.39, 0.29) is 5.41 Å². The minimum absolute atomic E-state index is 0.114. The van der Waals surface area contributed by atoms with E-state index < -0.39 is 6.10 Å². The standard InChI is InChI=1S/C14H19NOS2/c1-14(2,13-6-4-8-18-13)10-15-9-11(16)12-5-3-7-17-12/h3-8,11,15-16H,9-10H2,1-2H3. The number of nitrogens with one attached hydrogen (secondary N) is 1. The lowest BCUT2D eigenvalue weighted by Gasteiger charge is -2.24. The number of hydrogen-bond donors (Lipinski definition) is 2. The van der Waals surface area contributed by atoms with Crippen molar-refractivity contribution in [1.82, 2.24) is 5.32 Å². The van der Waals surface area contributed by atoms with Gasteiger partial charge in [-0.25, -0.2) is 0 Å². The smallest absolute Gasteiger partial charge is 0.101 e. The van der Waals surface area contributed by atoms with Crippen LogP contribution in [0.15, 0.2) is 35.0 Å². The van der Waals surface area contributed by atoms with Gasteiger partial charge in [0.15, 0.2) is 0 Å². The van der Waals surface area contributed by atoms with Crippen LogP contribution in [-0.4, -0.2) is 18.2 Å². The third-order valence-electron chi connectivity index (χ3n) is 2.96. The van der Waals surface area contributed by atoms with Crippen LogP contribution in [0.4, 0.5) is 0 Å². The van der Waals surface area contributed by atoms with Crippen molar-refractivity contribution in [3.8, 4) is 0 Å². The van der Waals surface area contributed by atoms with Gasteiger partial charge in [-0.3, -0.25) is 0 Å². The van der Waals surface area contributed by atoms with Crippen LogP contribution in [0.25, 0.3) is 0 Å². The minimum Gasteiger partial charge on any atom is -0.386 e. The van der Waals surface area contributed by atoms with Crippen LogP contribution in [0.2, 0.25) is 0 Å². The molecule has 4 heteroatoms. The van der Waals surface area contributed by atoms with Crippen molar-refractivity contribution in [2.45, 2.75) is 25.4 Å². The van der Waals surface area contributed by atoms with Gasteiger partial charge in [-0.15, -0.1) is 22.7 Å². The quantitative estimate of drug-likeness (QED) is 0.850. The number of aliphatic hydroxyl groups excluding tert-OH is 1. The summed E-state index contributed by atoms with van der Waals surface area (Å²) in [4.78, 5) is 2.40. The van der Waals surface area contributed by atoms with E-state index in [0.717, 1.165) is 11.4 Å². The molecule has 0 saturated heterocycles. The molecule has 2 aromatic heterocycles. The third-order valence-corrected chi connectivity index (χ3v) is 5.17. The average Bonchev–Trinajstić information content (AvgIpc) is 3.02. The Labute approximate surface area is 116 Å². The summed E-state index contributed by atoms with van der Waals surface area (Å²) in [6.07, 6.45) is -0.399. The summed E-state index contributed by atoms with van der Waals surface area (Å²) in [6, 6.07) is 8.20. The Morgan fingerprint density at radius 1 is 1.22 bits per heavy atom. The molecule has 0 aliphatic heterocycles. The molecular weight excluding hydrogens is 262 g/mol. The Kier molecular flexibility index (Phi) is 4.56. The molecule has 0 radical (unpaired) electrons. The van der Waals surface area contributed by atoms with Crippen LogP contribution in [0, 0.1) is 0 Å². The molecule has 2 aromatic rings. The molecule has 0 amide bonds. The first-order valence-corrected chi connectivity index (χ1v) is 7.82. The summed E-state index contributed by atoms with van der Waals surface area (Å²) in [5, 5.41) is 17.5. The molecular formula is C14H19NOS2. The molecule has 0 saturated carbocycles. The van der Waals surface area contributed by atoms with Crippen LogP contribution >= 0.6 is 22.7 Å². The Bertz CT molecular complexity index is 448. The van der Waals surface area contributed by atoms with Gasteiger partial charge in [0.2, 0.25) is 0 Å². The van der Waals surface area contributed by atoms with Crippen molar-refractivity contribution in [2.75, 3.05) is 13.1 Å². The highest BCUT2D eigenvalue weighted by atomic mass is 32.1. The van der Waals surface area contributed by atoms with E-state index in [1.807, 2.05) is 17.5 Å². The molecule has 2 heterocycles. The molecule has 0 aromatic carbocycles. The summed E-state index contributed by atoms with van der Waals surface area (Å²) in [5.41, 5.74) is 0.114. The van der Waals surface area contributed by atoms with Crippen molar-refractivity contribution < 1.29 is 5.11 Å². The first-order chi connectivity index (χ1) is 8.59.